The number of fused-ring (bicyclic) bond motifs is 22. The lowest BCUT2D eigenvalue weighted by Crippen LogP contribution is -2.54. The van der Waals surface area contributed by atoms with Gasteiger partial charge in [-0.05, 0) is 199 Å². The summed E-state index contributed by atoms with van der Waals surface area (Å²) in [5, 5.41) is 20.4. The first-order chi connectivity index (χ1) is 42.9. The molecule has 16 nitrogen and oxygen atoms in total. The van der Waals surface area contributed by atoms with Crippen LogP contribution in [0.4, 0.5) is 0 Å². The van der Waals surface area contributed by atoms with Gasteiger partial charge in [0.05, 0.1) is 70.6 Å². The van der Waals surface area contributed by atoms with Crippen LogP contribution in [0.3, 0.4) is 0 Å². The minimum Gasteiger partial charge on any atom is -0.478 e. The van der Waals surface area contributed by atoms with E-state index in [0.717, 1.165) is 145 Å². The predicted molar refractivity (Wildman–Crippen MR) is 398 cm³/mol. The Morgan fingerprint density at radius 2 is 0.947 bits per heavy atom. The van der Waals surface area contributed by atoms with Crippen molar-refractivity contribution in [2.24, 2.45) is 11.3 Å². The highest BCUT2D eigenvalue weighted by Gasteiger charge is 2.64. The monoisotopic (exact) mass is 1270 g/mol. The van der Waals surface area contributed by atoms with Crippen LogP contribution < -0.4 is 0 Å². The Kier molecular flexibility index (Phi) is 21.7. The first-order valence-electron chi connectivity index (χ1n) is 30.2. The van der Waals surface area contributed by atoms with Crippen LogP contribution >= 0.6 is 0 Å². The molecule has 16 bridgehead atoms. The highest BCUT2D eigenvalue weighted by atomic mass is 16.5. The molecular formula is C73H85B6N8O8-. The van der Waals surface area contributed by atoms with Crippen molar-refractivity contribution in [3.05, 3.63) is 181 Å². The standard InChI is InChI=1S/C36H38N4O4.C35H34N4O4.2CH4.B4H.2B.2H2/c1-10-22-21(6)28-15-31-23-11-12-24(33(41)42)36(8,34(43)44-9)35(23,7)32(40-31)16-29-20(5)19(4)26(38-29)13-25-17(2)18(3)27(37-25)14-30(22)39-28;1-9-21-20(6)28-13-26-17(3)16(2)24(36-26)12-25-18(4)19(5)27(37-25)14-30-23-11-10-22(33(40)41)32(34(42)43-8)35(23,7)31(39-30)15-29(21)38-28;;;1-4(2)3;;;;/h10,12-16,23,38-39H,1,11H2,2-9H3,(H,41,42);9-15,32,37-38H,1H2,2-8H3,(H,40,41);2*1H4;4H;;;2*1H/q;;;;-1;;;;/i;;;;;;;2*1+1. The van der Waals surface area contributed by atoms with Crippen LogP contribution in [-0.2, 0) is 39.5 Å². The topological polar surface area (TPSA) is 242 Å². The summed E-state index contributed by atoms with van der Waals surface area (Å²) in [4.78, 5) is 86.6. The second-order valence-electron chi connectivity index (χ2n) is 24.9. The van der Waals surface area contributed by atoms with Crippen molar-refractivity contribution in [1.82, 2.24) is 39.9 Å². The fraction of sp³-hybridized carbons (Fsp3) is 0.315. The third kappa shape index (κ3) is 12.0. The van der Waals surface area contributed by atoms with Gasteiger partial charge in [0, 0.05) is 92.0 Å². The number of aromatic nitrogens is 8. The number of carboxylic acids is 2. The summed E-state index contributed by atoms with van der Waals surface area (Å²) in [7, 11) is 16.8. The van der Waals surface area contributed by atoms with Crippen LogP contribution in [0.15, 0.2) is 91.1 Å². The molecule has 95 heavy (non-hydrogen) atoms. The molecule has 6 aliphatic rings. The Morgan fingerprint density at radius 3 is 1.37 bits per heavy atom. The van der Waals surface area contributed by atoms with Crippen LogP contribution in [-0.4, -0.2) is 135 Å². The summed E-state index contributed by atoms with van der Waals surface area (Å²) in [5.41, 5.74) is 22.7. The number of H-pyrrole nitrogens is 4. The molecule has 4 aliphatic heterocycles. The molecule has 22 heteroatoms. The summed E-state index contributed by atoms with van der Waals surface area (Å²) in [6.45, 7) is 34.3. The van der Waals surface area contributed by atoms with E-state index in [4.69, 9.17) is 52.6 Å². The average Bonchev–Trinajstić information content (AvgIpc) is 1.34. The molecule has 5 unspecified atom stereocenters. The number of ether oxygens (including phenoxy) is 2. The van der Waals surface area contributed by atoms with Gasteiger partial charge in [0.25, 0.3) is 0 Å². The Morgan fingerprint density at radius 1 is 0.558 bits per heavy atom. The van der Waals surface area contributed by atoms with Gasteiger partial charge in [0.15, 0.2) is 0 Å². The molecule has 484 valence electrons. The molecule has 5 atom stereocenters. The largest absolute Gasteiger partial charge is 0.478 e. The highest BCUT2D eigenvalue weighted by molar-refractivity contribution is 7.49. The van der Waals surface area contributed by atoms with E-state index < -0.39 is 52.4 Å². The van der Waals surface area contributed by atoms with E-state index in [1.807, 2.05) is 71.0 Å². The number of hydrogen-bond acceptors (Lipinski definition) is 10. The number of aryl methyl sites for hydroxylation is 6. The van der Waals surface area contributed by atoms with Crippen LogP contribution in [0.1, 0.15) is 169 Å². The first kappa shape index (κ1) is 74.7. The van der Waals surface area contributed by atoms with Gasteiger partial charge in [-0.1, -0.05) is 65.3 Å². The smallest absolute Gasteiger partial charge is 0.332 e. The van der Waals surface area contributed by atoms with E-state index in [1.165, 1.54) is 20.3 Å². The lowest BCUT2D eigenvalue weighted by Gasteiger charge is -2.48. The highest BCUT2D eigenvalue weighted by Crippen LogP contribution is 2.61. The van der Waals surface area contributed by atoms with Gasteiger partial charge in [-0.2, -0.15) is 0 Å². The summed E-state index contributed by atoms with van der Waals surface area (Å²) < 4.78 is 10.5. The van der Waals surface area contributed by atoms with E-state index in [0.29, 0.717) is 23.5 Å². The molecule has 6 aromatic rings. The van der Waals surface area contributed by atoms with Crippen LogP contribution in [0.5, 0.6) is 0 Å². The molecule has 2 aliphatic carbocycles. The van der Waals surface area contributed by atoms with Gasteiger partial charge in [-0.25, -0.2) is 42.8 Å². The molecule has 6 N–H and O–H groups in total. The molecule has 6 aromatic heterocycles. The zero-order chi connectivity index (χ0) is 66.4. The van der Waals surface area contributed by atoms with Crippen molar-refractivity contribution in [1.29, 1.82) is 0 Å². The number of carbonyl (C=O) groups is 4. The molecule has 10 heterocycles. The summed E-state index contributed by atoms with van der Waals surface area (Å²) >= 11 is 0. The molecule has 12 radical (unpaired) electrons. The lowest BCUT2D eigenvalue weighted by atomic mass is 9.08. The van der Waals surface area contributed by atoms with Gasteiger partial charge in [0.1, 0.15) is 11.3 Å². The van der Waals surface area contributed by atoms with Crippen molar-refractivity contribution < 1.29 is 41.7 Å². The number of esters is 2. The van der Waals surface area contributed by atoms with Crippen molar-refractivity contribution in [2.75, 3.05) is 14.2 Å². The molecule has 0 amide bonds. The van der Waals surface area contributed by atoms with Gasteiger partial charge in [-0.3, -0.25) is 19.6 Å². The Labute approximate surface area is 568 Å². The number of aliphatic carboxylic acids is 2. The Balaban J connectivity index is 0.000000369. The van der Waals surface area contributed by atoms with E-state index >= 15 is 0 Å². The van der Waals surface area contributed by atoms with Crippen molar-refractivity contribution in [3.63, 3.8) is 0 Å². The summed E-state index contributed by atoms with van der Waals surface area (Å²) in [6.07, 6.45) is 7.71. The normalized spacial score (nSPS) is 19.7. The summed E-state index contributed by atoms with van der Waals surface area (Å²) in [5.74, 6) is -4.96. The van der Waals surface area contributed by atoms with E-state index in [-0.39, 0.29) is 51.6 Å². The molecular weight excluding hydrogens is 1180 g/mol. The third-order valence-electron chi connectivity index (χ3n) is 20.2. The van der Waals surface area contributed by atoms with Crippen LogP contribution in [0, 0.1) is 52.9 Å². The molecule has 0 saturated heterocycles. The molecule has 0 aromatic carbocycles. The SMILES string of the molecule is C.C.C=Cc1c(C)c2cc3nc(cc4[nH]c(cc5nc(cc1[nH]2)C(C)=C5C)c(C)c4C)C1(C)C3CC=C(C(=O)O)C1(C)C(=O)OC.C=Cc1c(C)c2cc3nc(cc4[nH]c(cc5nc(cc1[nH]2)C1(C)C5=CC=C(C(=O)O)C1C(=O)OC)c(C)c4C)C(C)=C3C.[2HH].[2HH].[B].[B].[B][BH-]([B])[B]. The number of nitrogens with zero attached hydrogens (tertiary/aromatic N) is 4. The summed E-state index contributed by atoms with van der Waals surface area (Å²) in [6, 6.07) is 16.1. The zero-order valence-electron chi connectivity index (χ0n) is 55.5. The van der Waals surface area contributed by atoms with Crippen molar-refractivity contribution in [2.45, 2.75) is 128 Å². The Bertz CT molecular complexity index is 4780. The third-order valence-corrected chi connectivity index (χ3v) is 20.2. The van der Waals surface area contributed by atoms with E-state index in [2.05, 4.69) is 99.8 Å². The van der Waals surface area contributed by atoms with Crippen LogP contribution in [0.2, 0.25) is 0 Å². The number of hydrogen-bond donors (Lipinski definition) is 6. The second kappa shape index (κ2) is 27.6. The van der Waals surface area contributed by atoms with Gasteiger partial charge >= 0.3 is 23.9 Å². The molecule has 12 rings (SSSR count). The average molecular weight is 1270 g/mol. The minimum absolute atomic E-state index is 0. The minimum atomic E-state index is -1.51. The molecule has 0 spiro atoms. The lowest BCUT2D eigenvalue weighted by molar-refractivity contribution is -0.157. The molecule has 0 saturated carbocycles. The maximum absolute atomic E-state index is 13.7. The molecule has 0 fully saturated rings. The number of methoxy groups -OCH3 is 2. The number of carbonyl (C=O) groups excluding carboxylic acids is 2. The second-order valence-corrected chi connectivity index (χ2v) is 24.9. The first-order valence-corrected chi connectivity index (χ1v) is 30.2. The van der Waals surface area contributed by atoms with Crippen molar-refractivity contribution in [3.8, 4) is 0 Å². The number of carboxylic acid groups (broad SMARTS) is 2. The Hall–Kier alpha value is -9.31. The van der Waals surface area contributed by atoms with Gasteiger partial charge in [0.2, 0.25) is 0 Å². The maximum Gasteiger partial charge on any atom is 0.332 e. The van der Waals surface area contributed by atoms with E-state index in [1.54, 1.807) is 25.2 Å². The maximum atomic E-state index is 13.7. The fourth-order valence-electron chi connectivity index (χ4n) is 13.9. The zero-order valence-corrected chi connectivity index (χ0v) is 55.5. The van der Waals surface area contributed by atoms with Crippen LogP contribution in [0.25, 0.3) is 84.2 Å². The number of allylic oxidation sites excluding steroid dienone is 8. The number of rotatable bonds is 6. The number of aromatic amines is 4. The van der Waals surface area contributed by atoms with Crippen molar-refractivity contribution >= 4 is 154 Å². The van der Waals surface area contributed by atoms with E-state index in [9.17, 15) is 29.4 Å². The quantitative estimate of drug-likeness (QED) is 0.0674. The number of nitrogens with one attached hydrogen (secondary N) is 4. The van der Waals surface area contributed by atoms with Gasteiger partial charge < -0.3 is 39.6 Å². The fourth-order valence-corrected chi connectivity index (χ4v) is 13.9. The predicted octanol–water partition coefficient (Wildman–Crippen LogP) is 13.7. The van der Waals surface area contributed by atoms with Gasteiger partial charge in [-0.15, -0.1) is 6.39 Å².